The van der Waals surface area contributed by atoms with Gasteiger partial charge in [-0.1, -0.05) is 18.6 Å². The summed E-state index contributed by atoms with van der Waals surface area (Å²) < 4.78 is 72.8. The van der Waals surface area contributed by atoms with Gasteiger partial charge < -0.3 is 4.74 Å². The lowest BCUT2D eigenvalue weighted by Gasteiger charge is -2.36. The Hall–Kier alpha value is -0.600. The molecule has 8 heteroatoms. The van der Waals surface area contributed by atoms with Gasteiger partial charge in [0.1, 0.15) is 0 Å². The second kappa shape index (κ2) is 5.89. The summed E-state index contributed by atoms with van der Waals surface area (Å²) in [6.45, 7) is 1.84. The molecule has 122 valence electrons. The van der Waals surface area contributed by atoms with Crippen LogP contribution in [-0.4, -0.2) is 31.2 Å². The molecular formula is C13H19F3O4S. The Kier molecular flexibility index (Phi) is 4.70. The van der Waals surface area contributed by atoms with Gasteiger partial charge in [-0.15, -0.1) is 0 Å². The van der Waals surface area contributed by atoms with Crippen LogP contribution >= 0.6 is 0 Å². The van der Waals surface area contributed by atoms with Gasteiger partial charge in [0.05, 0.1) is 6.61 Å². The highest BCUT2D eigenvalue weighted by atomic mass is 32.2. The highest BCUT2D eigenvalue weighted by Crippen LogP contribution is 2.41. The maximum atomic E-state index is 13.3. The van der Waals surface area contributed by atoms with Gasteiger partial charge in [-0.3, -0.25) is 4.55 Å². The molecule has 1 saturated carbocycles. The van der Waals surface area contributed by atoms with Gasteiger partial charge in [-0.2, -0.15) is 17.2 Å². The molecule has 0 spiro atoms. The zero-order valence-corrected chi connectivity index (χ0v) is 12.5. The number of alkyl halides is 3. The fourth-order valence-corrected chi connectivity index (χ4v) is 3.64. The molecule has 0 aromatic carbocycles. The fourth-order valence-electron chi connectivity index (χ4n) is 3.34. The highest BCUT2D eigenvalue weighted by molar-refractivity contribution is 7.86. The first-order valence-electron chi connectivity index (χ1n) is 6.89. The second-order valence-corrected chi connectivity index (χ2v) is 7.59. The standard InChI is InChI=1S/C13H19F3O4S/c1-8-2-9-4-10(3-8)6-11(5-9)7-20-12(14)13(15,16)21(17,18)19/h2,8,10-12H,3-7H2,1H3,(H,17,18,19). The van der Waals surface area contributed by atoms with Crippen LogP contribution in [0, 0.1) is 17.8 Å². The Bertz CT molecular complexity index is 518. The van der Waals surface area contributed by atoms with Crippen molar-refractivity contribution in [3.8, 4) is 0 Å². The van der Waals surface area contributed by atoms with Crippen molar-refractivity contribution in [2.24, 2.45) is 17.8 Å². The van der Waals surface area contributed by atoms with Crippen LogP contribution in [0.5, 0.6) is 0 Å². The van der Waals surface area contributed by atoms with Crippen LogP contribution in [0.15, 0.2) is 11.6 Å². The molecule has 0 aromatic rings. The summed E-state index contributed by atoms with van der Waals surface area (Å²) in [5.41, 5.74) is 1.23. The summed E-state index contributed by atoms with van der Waals surface area (Å²) in [7, 11) is -5.82. The van der Waals surface area contributed by atoms with E-state index in [4.69, 9.17) is 4.55 Å². The van der Waals surface area contributed by atoms with Crippen LogP contribution in [0.2, 0.25) is 0 Å². The smallest absolute Gasteiger partial charge is 0.342 e. The van der Waals surface area contributed by atoms with E-state index in [-0.39, 0.29) is 12.5 Å². The largest absolute Gasteiger partial charge is 0.423 e. The van der Waals surface area contributed by atoms with E-state index in [1.165, 1.54) is 5.57 Å². The van der Waals surface area contributed by atoms with Crippen molar-refractivity contribution in [2.45, 2.75) is 44.2 Å². The molecule has 4 unspecified atom stereocenters. The summed E-state index contributed by atoms with van der Waals surface area (Å²) in [6, 6.07) is 0. The fraction of sp³-hybridized carbons (Fsp3) is 0.846. The van der Waals surface area contributed by atoms with Crippen LogP contribution in [0.3, 0.4) is 0 Å². The van der Waals surface area contributed by atoms with E-state index < -0.39 is 21.7 Å². The normalized spacial score (nSPS) is 31.7. The van der Waals surface area contributed by atoms with E-state index in [0.717, 1.165) is 19.3 Å². The van der Waals surface area contributed by atoms with Crippen molar-refractivity contribution >= 4 is 10.1 Å². The predicted molar refractivity (Wildman–Crippen MR) is 70.0 cm³/mol. The van der Waals surface area contributed by atoms with Crippen LogP contribution in [0.25, 0.3) is 0 Å². The van der Waals surface area contributed by atoms with Crippen molar-refractivity contribution in [1.82, 2.24) is 0 Å². The third-order valence-corrected chi connectivity index (χ3v) is 4.95. The minimum absolute atomic E-state index is 0.0991. The van der Waals surface area contributed by atoms with E-state index in [1.807, 2.05) is 0 Å². The van der Waals surface area contributed by atoms with Crippen molar-refractivity contribution in [3.63, 3.8) is 0 Å². The highest BCUT2D eigenvalue weighted by Gasteiger charge is 2.54. The molecule has 4 nitrogen and oxygen atoms in total. The molecule has 0 amide bonds. The molecule has 0 aromatic heterocycles. The summed E-state index contributed by atoms with van der Waals surface area (Å²) in [4.78, 5) is 0. The molecule has 2 rings (SSSR count). The lowest BCUT2D eigenvalue weighted by molar-refractivity contribution is -0.162. The zero-order chi connectivity index (χ0) is 15.8. The summed E-state index contributed by atoms with van der Waals surface area (Å²) >= 11 is 0. The lowest BCUT2D eigenvalue weighted by Crippen LogP contribution is -2.41. The van der Waals surface area contributed by atoms with Crippen LogP contribution in [-0.2, 0) is 14.9 Å². The SMILES string of the molecule is CC1C=C2CC(COC(F)C(F)(F)S(=O)(=O)O)CC(C2)C1. The van der Waals surface area contributed by atoms with Crippen molar-refractivity contribution in [1.29, 1.82) is 0 Å². The number of ether oxygens (including phenoxy) is 1. The number of hydrogen-bond acceptors (Lipinski definition) is 3. The number of rotatable bonds is 5. The van der Waals surface area contributed by atoms with E-state index in [1.54, 1.807) is 0 Å². The summed E-state index contributed by atoms with van der Waals surface area (Å²) in [5.74, 6) is 0.846. The molecule has 0 heterocycles. The molecule has 2 bridgehead atoms. The van der Waals surface area contributed by atoms with Crippen LogP contribution in [0.4, 0.5) is 13.2 Å². The monoisotopic (exact) mass is 328 g/mol. The minimum Gasteiger partial charge on any atom is -0.342 e. The van der Waals surface area contributed by atoms with Gasteiger partial charge >= 0.3 is 15.4 Å². The summed E-state index contributed by atoms with van der Waals surface area (Å²) in [6.07, 6.45) is 2.21. The van der Waals surface area contributed by atoms with Gasteiger partial charge in [0.25, 0.3) is 6.36 Å². The molecule has 2 aliphatic carbocycles. The molecule has 21 heavy (non-hydrogen) atoms. The third-order valence-electron chi connectivity index (χ3n) is 4.08. The quantitative estimate of drug-likeness (QED) is 0.622. The molecule has 1 N–H and O–H groups in total. The molecule has 1 fully saturated rings. The molecule has 0 radical (unpaired) electrons. The minimum atomic E-state index is -5.82. The Morgan fingerprint density at radius 1 is 1.43 bits per heavy atom. The Labute approximate surface area is 122 Å². The second-order valence-electron chi connectivity index (χ2n) is 6.10. The topological polar surface area (TPSA) is 63.6 Å². The van der Waals surface area contributed by atoms with Crippen molar-refractivity contribution in [3.05, 3.63) is 11.6 Å². The molecule has 2 aliphatic rings. The van der Waals surface area contributed by atoms with Crippen molar-refractivity contribution in [2.75, 3.05) is 6.61 Å². The van der Waals surface area contributed by atoms with Gasteiger partial charge in [0.2, 0.25) is 0 Å². The molecule has 4 atom stereocenters. The number of fused-ring (bicyclic) bond motifs is 2. The van der Waals surface area contributed by atoms with Crippen LogP contribution < -0.4 is 0 Å². The van der Waals surface area contributed by atoms with Gasteiger partial charge in [0.15, 0.2) is 0 Å². The van der Waals surface area contributed by atoms with Gasteiger partial charge in [-0.25, -0.2) is 4.39 Å². The number of hydrogen-bond donors (Lipinski definition) is 1. The molecular weight excluding hydrogens is 309 g/mol. The van der Waals surface area contributed by atoms with E-state index >= 15 is 0 Å². The zero-order valence-electron chi connectivity index (χ0n) is 11.6. The molecule has 0 saturated heterocycles. The lowest BCUT2D eigenvalue weighted by atomic mass is 9.71. The first-order valence-corrected chi connectivity index (χ1v) is 8.33. The van der Waals surface area contributed by atoms with Crippen molar-refractivity contribution < 1.29 is 30.9 Å². The average molecular weight is 328 g/mol. The maximum Gasteiger partial charge on any atom is 0.423 e. The third kappa shape index (κ3) is 3.78. The first-order chi connectivity index (χ1) is 9.59. The number of halogens is 3. The maximum absolute atomic E-state index is 13.3. The van der Waals surface area contributed by atoms with Gasteiger partial charge in [-0.05, 0) is 43.4 Å². The Morgan fingerprint density at radius 3 is 2.67 bits per heavy atom. The van der Waals surface area contributed by atoms with Crippen LogP contribution in [0.1, 0.15) is 32.6 Å². The molecule has 0 aliphatic heterocycles. The Balaban J connectivity index is 1.91. The summed E-state index contributed by atoms with van der Waals surface area (Å²) in [5, 5.41) is -4.94. The van der Waals surface area contributed by atoms with E-state index in [2.05, 4.69) is 17.7 Å². The van der Waals surface area contributed by atoms with E-state index in [0.29, 0.717) is 18.3 Å². The van der Waals surface area contributed by atoms with Gasteiger partial charge in [0, 0.05) is 0 Å². The predicted octanol–water partition coefficient (Wildman–Crippen LogP) is 3.16. The average Bonchev–Trinajstić information content (AvgIpc) is 2.32. The van der Waals surface area contributed by atoms with E-state index in [9.17, 15) is 21.6 Å². The Morgan fingerprint density at radius 2 is 2.10 bits per heavy atom. The first kappa shape index (κ1) is 16.8. The number of allylic oxidation sites excluding steroid dienone is 2.